The summed E-state index contributed by atoms with van der Waals surface area (Å²) in [4.78, 5) is 2.42. The molecule has 0 aliphatic carbocycles. The van der Waals surface area contributed by atoms with Gasteiger partial charge in [0, 0.05) is 36.7 Å². The first-order chi connectivity index (χ1) is 13.8. The van der Waals surface area contributed by atoms with E-state index in [0.717, 1.165) is 75.0 Å². The Bertz CT molecular complexity index is 961. The highest BCUT2D eigenvalue weighted by molar-refractivity contribution is 5.85. The van der Waals surface area contributed by atoms with E-state index in [-0.39, 0.29) is 18.2 Å². The highest BCUT2D eigenvalue weighted by Crippen LogP contribution is 2.30. The molecular formula is C20H25ClFN7. The number of halogens is 2. The first-order valence-electron chi connectivity index (χ1n) is 9.92. The van der Waals surface area contributed by atoms with E-state index in [2.05, 4.69) is 35.2 Å². The number of benzene rings is 1. The Hall–Kier alpha value is -2.29. The molecule has 154 valence electrons. The SMILES string of the molecule is Cl.Fc1ccccc1-c1[nH]ncc1CN1CCC(c2nnc3n2CCNC3)CC1. The second-order valence-corrected chi connectivity index (χ2v) is 7.60. The third-order valence-corrected chi connectivity index (χ3v) is 5.86. The van der Waals surface area contributed by atoms with Gasteiger partial charge in [0.1, 0.15) is 17.5 Å². The Kier molecular flexibility index (Phi) is 5.94. The van der Waals surface area contributed by atoms with Crippen molar-refractivity contribution in [1.82, 2.24) is 35.2 Å². The molecule has 2 aliphatic heterocycles. The Morgan fingerprint density at radius 2 is 1.93 bits per heavy atom. The fourth-order valence-corrected chi connectivity index (χ4v) is 4.33. The lowest BCUT2D eigenvalue weighted by Crippen LogP contribution is -2.34. The number of hydrogen-bond acceptors (Lipinski definition) is 5. The molecule has 2 aromatic heterocycles. The molecule has 5 rings (SSSR count). The standard InChI is InChI=1S/C20H24FN7.ClH/c21-17-4-2-1-3-16(17)19-15(11-23-25-19)13-27-8-5-14(6-9-27)20-26-24-18-12-22-7-10-28(18)20;/h1-4,11,14,22H,5-10,12-13H2,(H,23,25);1H. The molecule has 7 nitrogen and oxygen atoms in total. The molecule has 4 heterocycles. The maximum absolute atomic E-state index is 14.2. The van der Waals surface area contributed by atoms with Crippen molar-refractivity contribution < 1.29 is 4.39 Å². The zero-order valence-corrected chi connectivity index (χ0v) is 17.0. The number of aromatic amines is 1. The number of hydrogen-bond donors (Lipinski definition) is 2. The summed E-state index contributed by atoms with van der Waals surface area (Å²) < 4.78 is 16.5. The summed E-state index contributed by atoms with van der Waals surface area (Å²) in [6.07, 6.45) is 3.95. The molecule has 1 aromatic carbocycles. The van der Waals surface area contributed by atoms with Crippen molar-refractivity contribution in [3.05, 3.63) is 53.5 Å². The lowest BCUT2D eigenvalue weighted by molar-refractivity contribution is 0.199. The number of aromatic nitrogens is 5. The number of fused-ring (bicyclic) bond motifs is 1. The first-order valence-corrected chi connectivity index (χ1v) is 9.92. The van der Waals surface area contributed by atoms with E-state index < -0.39 is 0 Å². The van der Waals surface area contributed by atoms with Crippen molar-refractivity contribution in [3.8, 4) is 11.3 Å². The lowest BCUT2D eigenvalue weighted by Gasteiger charge is -2.32. The number of piperidine rings is 1. The quantitative estimate of drug-likeness (QED) is 0.682. The fourth-order valence-electron chi connectivity index (χ4n) is 4.33. The molecule has 1 saturated heterocycles. The average Bonchev–Trinajstić information content (AvgIpc) is 3.36. The molecule has 0 amide bonds. The van der Waals surface area contributed by atoms with Gasteiger partial charge in [-0.25, -0.2) is 4.39 Å². The van der Waals surface area contributed by atoms with Gasteiger partial charge in [0.25, 0.3) is 0 Å². The summed E-state index contributed by atoms with van der Waals surface area (Å²) in [6.45, 7) is 5.51. The zero-order chi connectivity index (χ0) is 18.9. The highest BCUT2D eigenvalue weighted by atomic mass is 35.5. The predicted molar refractivity (Wildman–Crippen MR) is 110 cm³/mol. The molecular weight excluding hydrogens is 393 g/mol. The van der Waals surface area contributed by atoms with Gasteiger partial charge in [0.15, 0.2) is 0 Å². The van der Waals surface area contributed by atoms with Crippen molar-refractivity contribution in [3.63, 3.8) is 0 Å². The number of H-pyrrole nitrogens is 1. The Morgan fingerprint density at radius 1 is 1.10 bits per heavy atom. The van der Waals surface area contributed by atoms with E-state index in [0.29, 0.717) is 11.5 Å². The minimum Gasteiger partial charge on any atom is -0.312 e. The summed E-state index contributed by atoms with van der Waals surface area (Å²) >= 11 is 0. The molecule has 9 heteroatoms. The third-order valence-electron chi connectivity index (χ3n) is 5.86. The Labute approximate surface area is 175 Å². The van der Waals surface area contributed by atoms with E-state index in [1.807, 2.05) is 12.3 Å². The summed E-state index contributed by atoms with van der Waals surface area (Å²) in [6, 6.07) is 6.84. The summed E-state index contributed by atoms with van der Waals surface area (Å²) in [7, 11) is 0. The molecule has 1 fully saturated rings. The second kappa shape index (κ2) is 8.61. The van der Waals surface area contributed by atoms with Gasteiger partial charge in [-0.2, -0.15) is 5.10 Å². The van der Waals surface area contributed by atoms with Gasteiger partial charge in [0.2, 0.25) is 0 Å². The maximum atomic E-state index is 14.2. The van der Waals surface area contributed by atoms with E-state index in [9.17, 15) is 4.39 Å². The monoisotopic (exact) mass is 417 g/mol. The van der Waals surface area contributed by atoms with Gasteiger partial charge in [-0.05, 0) is 38.1 Å². The van der Waals surface area contributed by atoms with Crippen LogP contribution < -0.4 is 5.32 Å². The van der Waals surface area contributed by atoms with Crippen LogP contribution in [0.3, 0.4) is 0 Å². The molecule has 2 aliphatic rings. The Morgan fingerprint density at radius 3 is 2.76 bits per heavy atom. The van der Waals surface area contributed by atoms with Gasteiger partial charge < -0.3 is 9.88 Å². The average molecular weight is 418 g/mol. The smallest absolute Gasteiger partial charge is 0.147 e. The van der Waals surface area contributed by atoms with Crippen molar-refractivity contribution in [1.29, 1.82) is 0 Å². The Balaban J connectivity index is 0.00000205. The molecule has 2 N–H and O–H groups in total. The van der Waals surface area contributed by atoms with Crippen LogP contribution in [0.2, 0.25) is 0 Å². The molecule has 0 unspecified atom stereocenters. The van der Waals surface area contributed by atoms with Crippen molar-refractivity contribution in [2.75, 3.05) is 19.6 Å². The van der Waals surface area contributed by atoms with Crippen LogP contribution in [-0.2, 0) is 19.6 Å². The minimum atomic E-state index is -0.224. The van der Waals surface area contributed by atoms with Crippen LogP contribution in [0.15, 0.2) is 30.5 Å². The molecule has 29 heavy (non-hydrogen) atoms. The van der Waals surface area contributed by atoms with E-state index in [1.54, 1.807) is 12.1 Å². The summed E-state index contributed by atoms with van der Waals surface area (Å²) in [5.74, 6) is 2.44. The molecule has 0 saturated carbocycles. The van der Waals surface area contributed by atoms with Crippen LogP contribution >= 0.6 is 12.4 Å². The lowest BCUT2D eigenvalue weighted by atomic mass is 9.95. The largest absolute Gasteiger partial charge is 0.312 e. The zero-order valence-electron chi connectivity index (χ0n) is 16.1. The van der Waals surface area contributed by atoms with Gasteiger partial charge >= 0.3 is 0 Å². The first kappa shape index (κ1) is 20.0. The van der Waals surface area contributed by atoms with Crippen LogP contribution in [0.4, 0.5) is 4.39 Å². The molecule has 3 aromatic rings. The van der Waals surface area contributed by atoms with Crippen LogP contribution in [0.25, 0.3) is 11.3 Å². The van der Waals surface area contributed by atoms with Gasteiger partial charge in [-0.1, -0.05) is 12.1 Å². The van der Waals surface area contributed by atoms with Gasteiger partial charge in [-0.15, -0.1) is 22.6 Å². The maximum Gasteiger partial charge on any atom is 0.147 e. The summed E-state index contributed by atoms with van der Waals surface area (Å²) in [5, 5.41) is 19.3. The van der Waals surface area contributed by atoms with Crippen molar-refractivity contribution >= 4 is 12.4 Å². The van der Waals surface area contributed by atoms with Crippen LogP contribution in [0.1, 0.15) is 36.0 Å². The number of nitrogens with one attached hydrogen (secondary N) is 2. The number of nitrogens with zero attached hydrogens (tertiary/aromatic N) is 5. The van der Waals surface area contributed by atoms with Gasteiger partial charge in [0.05, 0.1) is 18.4 Å². The van der Waals surface area contributed by atoms with Gasteiger partial charge in [-0.3, -0.25) is 10.00 Å². The van der Waals surface area contributed by atoms with Crippen LogP contribution in [0.5, 0.6) is 0 Å². The third kappa shape index (κ3) is 3.92. The normalized spacial score (nSPS) is 17.7. The van der Waals surface area contributed by atoms with E-state index in [1.165, 1.54) is 6.07 Å². The number of likely N-dealkylation sites (tertiary alicyclic amines) is 1. The number of rotatable bonds is 4. The van der Waals surface area contributed by atoms with Crippen LogP contribution in [0, 0.1) is 5.82 Å². The second-order valence-electron chi connectivity index (χ2n) is 7.60. The molecule has 0 radical (unpaired) electrons. The summed E-state index contributed by atoms with van der Waals surface area (Å²) in [5.41, 5.74) is 2.39. The minimum absolute atomic E-state index is 0. The van der Waals surface area contributed by atoms with E-state index >= 15 is 0 Å². The highest BCUT2D eigenvalue weighted by Gasteiger charge is 2.27. The molecule has 0 bridgehead atoms. The van der Waals surface area contributed by atoms with Crippen LogP contribution in [-0.4, -0.2) is 49.5 Å². The van der Waals surface area contributed by atoms with E-state index in [4.69, 9.17) is 0 Å². The predicted octanol–water partition coefficient (Wildman–Crippen LogP) is 2.71. The topological polar surface area (TPSA) is 74.7 Å². The van der Waals surface area contributed by atoms with Crippen molar-refractivity contribution in [2.45, 2.75) is 38.4 Å². The molecule has 0 atom stereocenters. The fraction of sp³-hybridized carbons (Fsp3) is 0.450. The molecule has 0 spiro atoms. The van der Waals surface area contributed by atoms with Crippen molar-refractivity contribution in [2.24, 2.45) is 0 Å².